The predicted octanol–water partition coefficient (Wildman–Crippen LogP) is 10.6. The molecule has 0 bridgehead atoms. The van der Waals surface area contributed by atoms with Crippen LogP contribution in [0.3, 0.4) is 0 Å². The summed E-state index contributed by atoms with van der Waals surface area (Å²) in [6, 6.07) is 54.5. The van der Waals surface area contributed by atoms with E-state index >= 15 is 0 Å². The summed E-state index contributed by atoms with van der Waals surface area (Å²) < 4.78 is 2.24. The van der Waals surface area contributed by atoms with Gasteiger partial charge in [-0.2, -0.15) is 0 Å². The highest BCUT2D eigenvalue weighted by molar-refractivity contribution is 6.22. The Labute approximate surface area is 245 Å². The first-order valence-corrected chi connectivity index (χ1v) is 14.4. The molecule has 1 aromatic heterocycles. The van der Waals surface area contributed by atoms with Crippen LogP contribution in [-0.2, 0) is 0 Å². The summed E-state index contributed by atoms with van der Waals surface area (Å²) in [5.74, 6) is 0.987. The lowest BCUT2D eigenvalue weighted by Crippen LogP contribution is -1.97. The second-order valence-electron chi connectivity index (χ2n) is 10.8. The molecular formula is C40H28N2. The number of fused-ring (bicyclic) bond motifs is 3. The standard InChI is InChI=1S/C40H28N2/c1-27-41-37-18-10-11-19-38(37)42(27)32-23-20-30(21-24-32)39-33-16-8-9-17-34(33)40(29-14-6-3-7-15-29)36-26-31(22-25-35(36)39)28-12-4-2-5-13-28/h2-26H,1H3. The van der Waals surface area contributed by atoms with Gasteiger partial charge in [-0.15, -0.1) is 0 Å². The van der Waals surface area contributed by atoms with Gasteiger partial charge in [0.25, 0.3) is 0 Å². The third kappa shape index (κ3) is 3.92. The van der Waals surface area contributed by atoms with Gasteiger partial charge in [-0.3, -0.25) is 4.57 Å². The van der Waals surface area contributed by atoms with Crippen molar-refractivity contribution in [3.05, 3.63) is 157 Å². The van der Waals surface area contributed by atoms with Gasteiger partial charge in [0.2, 0.25) is 0 Å². The van der Waals surface area contributed by atoms with Crippen molar-refractivity contribution in [2.75, 3.05) is 0 Å². The van der Waals surface area contributed by atoms with Crippen molar-refractivity contribution in [2.24, 2.45) is 0 Å². The van der Waals surface area contributed by atoms with E-state index in [2.05, 4.69) is 157 Å². The molecule has 0 saturated carbocycles. The van der Waals surface area contributed by atoms with Crippen molar-refractivity contribution < 1.29 is 0 Å². The van der Waals surface area contributed by atoms with Crippen molar-refractivity contribution in [3.63, 3.8) is 0 Å². The number of rotatable bonds is 4. The fraction of sp³-hybridized carbons (Fsp3) is 0.0250. The molecule has 0 aliphatic heterocycles. The van der Waals surface area contributed by atoms with E-state index in [0.717, 1.165) is 22.5 Å². The molecule has 0 fully saturated rings. The van der Waals surface area contributed by atoms with E-state index in [4.69, 9.17) is 4.98 Å². The molecule has 42 heavy (non-hydrogen) atoms. The van der Waals surface area contributed by atoms with E-state index in [9.17, 15) is 0 Å². The maximum atomic E-state index is 4.79. The zero-order valence-corrected chi connectivity index (χ0v) is 23.3. The molecule has 0 spiro atoms. The minimum Gasteiger partial charge on any atom is -0.297 e. The van der Waals surface area contributed by atoms with Crippen LogP contribution >= 0.6 is 0 Å². The number of hydrogen-bond donors (Lipinski definition) is 0. The summed E-state index contributed by atoms with van der Waals surface area (Å²) in [7, 11) is 0. The van der Waals surface area contributed by atoms with E-state index < -0.39 is 0 Å². The van der Waals surface area contributed by atoms with Crippen LogP contribution in [0, 0.1) is 6.92 Å². The fourth-order valence-electron chi connectivity index (χ4n) is 6.46. The summed E-state index contributed by atoms with van der Waals surface area (Å²) in [5, 5.41) is 5.03. The quantitative estimate of drug-likeness (QED) is 0.205. The van der Waals surface area contributed by atoms with Crippen LogP contribution in [-0.4, -0.2) is 9.55 Å². The Hall–Kier alpha value is -5.47. The van der Waals surface area contributed by atoms with Crippen LogP contribution in [0.4, 0.5) is 0 Å². The summed E-state index contributed by atoms with van der Waals surface area (Å²) in [6.45, 7) is 2.07. The minimum atomic E-state index is 0.987. The zero-order valence-electron chi connectivity index (χ0n) is 23.3. The molecule has 0 atom stereocenters. The molecule has 8 aromatic rings. The molecule has 0 N–H and O–H groups in total. The Balaban J connectivity index is 1.40. The van der Waals surface area contributed by atoms with E-state index in [0.29, 0.717) is 0 Å². The summed E-state index contributed by atoms with van der Waals surface area (Å²) in [5.41, 5.74) is 10.7. The Morgan fingerprint density at radius 2 is 0.952 bits per heavy atom. The van der Waals surface area contributed by atoms with Crippen LogP contribution in [0.1, 0.15) is 5.82 Å². The van der Waals surface area contributed by atoms with Gasteiger partial charge in [0, 0.05) is 5.69 Å². The first-order valence-electron chi connectivity index (χ1n) is 14.4. The van der Waals surface area contributed by atoms with Crippen LogP contribution in [0.15, 0.2) is 152 Å². The molecule has 2 heteroatoms. The number of aryl methyl sites for hydroxylation is 1. The lowest BCUT2D eigenvalue weighted by molar-refractivity contribution is 1.00. The monoisotopic (exact) mass is 536 g/mol. The highest BCUT2D eigenvalue weighted by Crippen LogP contribution is 2.44. The van der Waals surface area contributed by atoms with Crippen molar-refractivity contribution in [1.82, 2.24) is 9.55 Å². The highest BCUT2D eigenvalue weighted by atomic mass is 15.1. The zero-order chi connectivity index (χ0) is 28.0. The van der Waals surface area contributed by atoms with Crippen molar-refractivity contribution in [2.45, 2.75) is 6.92 Å². The van der Waals surface area contributed by atoms with Gasteiger partial charge >= 0.3 is 0 Å². The van der Waals surface area contributed by atoms with Gasteiger partial charge in [0.15, 0.2) is 0 Å². The average Bonchev–Trinajstić information content (AvgIpc) is 3.40. The number of nitrogens with zero attached hydrogens (tertiary/aromatic N) is 2. The fourth-order valence-corrected chi connectivity index (χ4v) is 6.46. The Morgan fingerprint density at radius 3 is 1.67 bits per heavy atom. The van der Waals surface area contributed by atoms with Gasteiger partial charge < -0.3 is 0 Å². The van der Waals surface area contributed by atoms with Crippen molar-refractivity contribution in [3.8, 4) is 39.1 Å². The minimum absolute atomic E-state index is 0.987. The molecule has 1 heterocycles. The normalized spacial score (nSPS) is 11.5. The molecule has 0 aliphatic carbocycles. The lowest BCUT2D eigenvalue weighted by atomic mass is 9.85. The molecule has 0 unspecified atom stereocenters. The van der Waals surface area contributed by atoms with E-state index in [1.54, 1.807) is 0 Å². The van der Waals surface area contributed by atoms with Crippen molar-refractivity contribution >= 4 is 32.6 Å². The maximum absolute atomic E-state index is 4.79. The summed E-state index contributed by atoms with van der Waals surface area (Å²) in [6.07, 6.45) is 0. The van der Waals surface area contributed by atoms with Gasteiger partial charge in [-0.25, -0.2) is 4.98 Å². The average molecular weight is 537 g/mol. The first kappa shape index (κ1) is 24.3. The summed E-state index contributed by atoms with van der Waals surface area (Å²) >= 11 is 0. The number of aromatic nitrogens is 2. The molecular weight excluding hydrogens is 508 g/mol. The molecule has 198 valence electrons. The SMILES string of the molecule is Cc1nc2ccccc2n1-c1ccc(-c2c3ccccc3c(-c3ccccc3)c3cc(-c4ccccc4)ccc23)cc1. The molecule has 0 saturated heterocycles. The molecule has 2 nitrogen and oxygen atoms in total. The smallest absolute Gasteiger partial charge is 0.111 e. The number of para-hydroxylation sites is 2. The van der Waals surface area contributed by atoms with Gasteiger partial charge in [-0.05, 0) is 92.2 Å². The van der Waals surface area contributed by atoms with Crippen molar-refractivity contribution in [1.29, 1.82) is 0 Å². The number of hydrogen-bond acceptors (Lipinski definition) is 1. The predicted molar refractivity (Wildman–Crippen MR) is 177 cm³/mol. The Morgan fingerprint density at radius 1 is 0.429 bits per heavy atom. The van der Waals surface area contributed by atoms with E-state index in [-0.39, 0.29) is 0 Å². The summed E-state index contributed by atoms with van der Waals surface area (Å²) in [4.78, 5) is 4.79. The van der Waals surface area contributed by atoms with E-state index in [1.165, 1.54) is 54.9 Å². The second-order valence-corrected chi connectivity index (χ2v) is 10.8. The number of benzene rings is 7. The number of imidazole rings is 1. The third-order valence-corrected chi connectivity index (χ3v) is 8.34. The van der Waals surface area contributed by atoms with Gasteiger partial charge in [-0.1, -0.05) is 121 Å². The maximum Gasteiger partial charge on any atom is 0.111 e. The second kappa shape index (κ2) is 9.87. The van der Waals surface area contributed by atoms with Crippen LogP contribution in [0.25, 0.3) is 71.6 Å². The molecule has 0 radical (unpaired) electrons. The Bertz CT molecular complexity index is 2230. The first-order chi connectivity index (χ1) is 20.8. The molecule has 0 aliphatic rings. The van der Waals surface area contributed by atoms with Crippen LogP contribution in [0.2, 0.25) is 0 Å². The Kier molecular flexibility index (Phi) is 5.72. The highest BCUT2D eigenvalue weighted by Gasteiger charge is 2.18. The van der Waals surface area contributed by atoms with E-state index in [1.807, 2.05) is 6.07 Å². The van der Waals surface area contributed by atoms with Crippen LogP contribution in [0.5, 0.6) is 0 Å². The molecule has 0 amide bonds. The molecule has 8 rings (SSSR count). The van der Waals surface area contributed by atoms with Gasteiger partial charge in [0.1, 0.15) is 5.82 Å². The topological polar surface area (TPSA) is 17.8 Å². The molecule has 7 aromatic carbocycles. The van der Waals surface area contributed by atoms with Crippen LogP contribution < -0.4 is 0 Å². The largest absolute Gasteiger partial charge is 0.297 e. The third-order valence-electron chi connectivity index (χ3n) is 8.34. The lowest BCUT2D eigenvalue weighted by Gasteiger charge is -2.19. The van der Waals surface area contributed by atoms with Gasteiger partial charge in [0.05, 0.1) is 11.0 Å².